The highest BCUT2D eigenvalue weighted by molar-refractivity contribution is 9.10. The summed E-state index contributed by atoms with van der Waals surface area (Å²) >= 11 is 3.21. The fourth-order valence-electron chi connectivity index (χ4n) is 3.43. The van der Waals surface area contributed by atoms with Crippen LogP contribution in [0.4, 0.5) is 8.78 Å². The molecular formula is C25H28BrF2N7O3. The van der Waals surface area contributed by atoms with Gasteiger partial charge in [0.1, 0.15) is 21.5 Å². The molecule has 0 spiro atoms. The van der Waals surface area contributed by atoms with Crippen molar-refractivity contribution in [3.63, 3.8) is 0 Å². The van der Waals surface area contributed by atoms with Gasteiger partial charge in [-0.3, -0.25) is 0 Å². The Labute approximate surface area is 226 Å². The van der Waals surface area contributed by atoms with E-state index in [-0.39, 0.29) is 23.3 Å². The molecule has 202 valence electrons. The minimum absolute atomic E-state index is 0.0243. The summed E-state index contributed by atoms with van der Waals surface area (Å²) < 4.78 is 47.6. The van der Waals surface area contributed by atoms with Crippen molar-refractivity contribution in [2.75, 3.05) is 0 Å². The van der Waals surface area contributed by atoms with E-state index in [1.165, 1.54) is 29.2 Å². The van der Waals surface area contributed by atoms with Crippen molar-refractivity contribution in [2.45, 2.75) is 65.3 Å². The fourth-order valence-corrected chi connectivity index (χ4v) is 3.82. The zero-order valence-electron chi connectivity index (χ0n) is 22.0. The predicted molar refractivity (Wildman–Crippen MR) is 139 cm³/mol. The summed E-state index contributed by atoms with van der Waals surface area (Å²) in [5.41, 5.74) is 0.260. The molecule has 0 aliphatic heterocycles. The Hall–Kier alpha value is -3.48. The highest BCUT2D eigenvalue weighted by Crippen LogP contribution is 2.36. The summed E-state index contributed by atoms with van der Waals surface area (Å²) in [7, 11) is 1.62. The first-order valence-corrected chi connectivity index (χ1v) is 12.5. The van der Waals surface area contributed by atoms with Crippen LogP contribution in [0.1, 0.15) is 53.2 Å². The number of fused-ring (bicyclic) bond motifs is 1. The number of hydrogen-bond donors (Lipinski definition) is 0. The van der Waals surface area contributed by atoms with Gasteiger partial charge in [0.25, 0.3) is 6.43 Å². The lowest BCUT2D eigenvalue weighted by Gasteiger charge is -2.24. The van der Waals surface area contributed by atoms with Crippen molar-refractivity contribution in [3.05, 3.63) is 40.8 Å². The Morgan fingerprint density at radius 2 is 1.66 bits per heavy atom. The average Bonchev–Trinajstić information content (AvgIpc) is 3.10. The highest BCUT2D eigenvalue weighted by atomic mass is 79.9. The van der Waals surface area contributed by atoms with Crippen LogP contribution in [0.5, 0.6) is 17.8 Å². The molecule has 4 aromatic heterocycles. The van der Waals surface area contributed by atoms with Crippen LogP contribution in [0.25, 0.3) is 22.3 Å². The van der Waals surface area contributed by atoms with E-state index < -0.39 is 23.7 Å². The summed E-state index contributed by atoms with van der Waals surface area (Å²) in [5, 5.41) is 13.2. The molecule has 0 fully saturated rings. The third kappa shape index (κ3) is 6.50. The number of hydrogen-bond acceptors (Lipinski definition) is 9. The molecular weight excluding hydrogens is 564 g/mol. The van der Waals surface area contributed by atoms with Crippen molar-refractivity contribution in [1.82, 2.24) is 34.9 Å². The molecule has 0 aliphatic rings. The maximum atomic E-state index is 14.1. The Morgan fingerprint density at radius 1 is 0.947 bits per heavy atom. The molecule has 0 aliphatic carbocycles. The van der Waals surface area contributed by atoms with Crippen molar-refractivity contribution in [1.29, 1.82) is 0 Å². The van der Waals surface area contributed by atoms with Gasteiger partial charge in [-0.15, -0.1) is 15.3 Å². The van der Waals surface area contributed by atoms with E-state index in [9.17, 15) is 8.78 Å². The molecule has 4 aromatic rings. The first-order chi connectivity index (χ1) is 17.7. The second-order valence-corrected chi connectivity index (χ2v) is 11.3. The maximum Gasteiger partial charge on any atom is 0.320 e. The van der Waals surface area contributed by atoms with Crippen molar-refractivity contribution >= 4 is 27.0 Å². The van der Waals surface area contributed by atoms with Gasteiger partial charge in [-0.1, -0.05) is 0 Å². The second-order valence-electron chi connectivity index (χ2n) is 10.5. The van der Waals surface area contributed by atoms with Gasteiger partial charge in [0.2, 0.25) is 11.8 Å². The van der Waals surface area contributed by atoms with Gasteiger partial charge in [0, 0.05) is 25.0 Å². The number of nitrogens with zero attached hydrogens (tertiary/aromatic N) is 7. The van der Waals surface area contributed by atoms with Gasteiger partial charge in [-0.05, 0) is 75.7 Å². The molecule has 0 saturated carbocycles. The maximum absolute atomic E-state index is 14.1. The number of ether oxygens (including phenoxy) is 3. The third-order valence-corrected chi connectivity index (χ3v) is 5.34. The summed E-state index contributed by atoms with van der Waals surface area (Å²) in [6.45, 7) is 11.3. The molecule has 4 rings (SSSR count). The van der Waals surface area contributed by atoms with Crippen molar-refractivity contribution in [3.8, 4) is 29.0 Å². The van der Waals surface area contributed by atoms with Crippen molar-refractivity contribution in [2.24, 2.45) is 7.05 Å². The fraction of sp³-hybridized carbons (Fsp3) is 0.440. The van der Waals surface area contributed by atoms with Gasteiger partial charge >= 0.3 is 6.01 Å². The molecule has 0 radical (unpaired) electrons. The van der Waals surface area contributed by atoms with Crippen LogP contribution in [-0.2, 0) is 7.05 Å². The van der Waals surface area contributed by atoms with Crippen LogP contribution in [0.15, 0.2) is 35.2 Å². The quantitative estimate of drug-likeness (QED) is 0.249. The van der Waals surface area contributed by atoms with E-state index in [0.29, 0.717) is 26.9 Å². The standard InChI is InChI=1S/C25H28BrF2N7O3/c1-24(2,3)37-21-15(12-30-23(31-21)38-25(4,5)6)16-11-14-20(33-32-16)35(7)34-22(14)36-18(19(27)28)13-8-9-29-17(26)10-13/h8-12,18-19H,1-7H3/t18-/m1/s1. The molecule has 0 bridgehead atoms. The minimum atomic E-state index is -2.83. The van der Waals surface area contributed by atoms with E-state index in [0.717, 1.165) is 0 Å². The molecule has 1 atom stereocenters. The number of aromatic nitrogens is 7. The molecule has 0 N–H and O–H groups in total. The first-order valence-electron chi connectivity index (χ1n) is 11.7. The zero-order chi connectivity index (χ0) is 27.8. The number of aryl methyl sites for hydroxylation is 1. The Kier molecular flexibility index (Phi) is 7.51. The van der Waals surface area contributed by atoms with Gasteiger partial charge in [0.15, 0.2) is 11.8 Å². The molecule has 0 amide bonds. The van der Waals surface area contributed by atoms with Crippen LogP contribution in [-0.4, -0.2) is 52.6 Å². The van der Waals surface area contributed by atoms with Crippen LogP contribution >= 0.6 is 15.9 Å². The minimum Gasteiger partial charge on any atom is -0.471 e. The number of alkyl halides is 2. The molecule has 38 heavy (non-hydrogen) atoms. The lowest BCUT2D eigenvalue weighted by Crippen LogP contribution is -2.26. The van der Waals surface area contributed by atoms with Crippen LogP contribution in [0.3, 0.4) is 0 Å². The topological polar surface area (TPSA) is 110 Å². The van der Waals surface area contributed by atoms with Crippen LogP contribution in [0, 0.1) is 0 Å². The molecule has 0 saturated heterocycles. The van der Waals surface area contributed by atoms with E-state index in [1.54, 1.807) is 13.1 Å². The van der Waals surface area contributed by atoms with Crippen LogP contribution in [0.2, 0.25) is 0 Å². The molecule has 10 nitrogen and oxygen atoms in total. The molecule has 0 aromatic carbocycles. The zero-order valence-corrected chi connectivity index (χ0v) is 23.6. The number of rotatable bonds is 7. The van der Waals surface area contributed by atoms with Crippen LogP contribution < -0.4 is 14.2 Å². The third-order valence-electron chi connectivity index (χ3n) is 4.91. The smallest absolute Gasteiger partial charge is 0.320 e. The summed E-state index contributed by atoms with van der Waals surface area (Å²) in [5.74, 6) is 0.211. The van der Waals surface area contributed by atoms with Crippen molar-refractivity contribution < 1.29 is 23.0 Å². The van der Waals surface area contributed by atoms with Gasteiger partial charge in [-0.2, -0.15) is 4.98 Å². The lowest BCUT2D eigenvalue weighted by atomic mass is 10.1. The molecule has 4 heterocycles. The monoisotopic (exact) mass is 591 g/mol. The largest absolute Gasteiger partial charge is 0.471 e. The van der Waals surface area contributed by atoms with E-state index in [2.05, 4.69) is 46.2 Å². The molecule has 13 heteroatoms. The lowest BCUT2D eigenvalue weighted by molar-refractivity contribution is 0.00838. The normalized spacial score (nSPS) is 13.1. The summed E-state index contributed by atoms with van der Waals surface area (Å²) in [6, 6.07) is 4.71. The van der Waals surface area contributed by atoms with Gasteiger partial charge in [0.05, 0.1) is 10.9 Å². The van der Waals surface area contributed by atoms with Gasteiger partial charge in [-0.25, -0.2) is 23.4 Å². The predicted octanol–water partition coefficient (Wildman–Crippen LogP) is 5.72. The first kappa shape index (κ1) is 27.6. The second kappa shape index (κ2) is 10.4. The molecule has 0 unspecified atom stereocenters. The van der Waals surface area contributed by atoms with Gasteiger partial charge < -0.3 is 14.2 Å². The number of pyridine rings is 1. The summed E-state index contributed by atoms with van der Waals surface area (Å²) in [4.78, 5) is 12.8. The van der Waals surface area contributed by atoms with E-state index in [1.807, 2.05) is 41.5 Å². The number of halogens is 3. The van der Waals surface area contributed by atoms with E-state index >= 15 is 0 Å². The average molecular weight is 592 g/mol. The van der Waals surface area contributed by atoms with E-state index in [4.69, 9.17) is 14.2 Å². The summed E-state index contributed by atoms with van der Waals surface area (Å²) in [6.07, 6.45) is -1.47. The Bertz CT molecular complexity index is 1450. The highest BCUT2D eigenvalue weighted by Gasteiger charge is 2.28. The Morgan fingerprint density at radius 3 is 2.29 bits per heavy atom. The SMILES string of the molecule is Cn1nc(O[C@H](c2ccnc(Br)c2)C(F)F)c2cc(-c3cnc(OC(C)(C)C)nc3OC(C)(C)C)nnc21. The Balaban J connectivity index is 1.79.